The first-order chi connectivity index (χ1) is 14.4. The molecule has 0 bridgehead atoms. The fraction of sp³-hybridized carbons (Fsp3) is 0.368. The molecule has 6 nitrogen and oxygen atoms in total. The molecule has 1 saturated heterocycles. The number of rotatable bonds is 6. The molecule has 12 heteroatoms. The topological polar surface area (TPSA) is 74.8 Å². The Kier molecular flexibility index (Phi) is 7.02. The summed E-state index contributed by atoms with van der Waals surface area (Å²) in [5.41, 5.74) is -1.10. The van der Waals surface area contributed by atoms with Crippen LogP contribution in [0.2, 0.25) is 5.02 Å². The lowest BCUT2D eigenvalue weighted by Crippen LogP contribution is -2.49. The Balaban J connectivity index is 1.65. The van der Waals surface area contributed by atoms with Crippen LogP contribution in [0.4, 0.5) is 13.2 Å². The monoisotopic (exact) mass is 496 g/mol. The number of halogens is 4. The first kappa shape index (κ1) is 24.0. The Morgan fingerprint density at radius 2 is 1.52 bits per heavy atom. The van der Waals surface area contributed by atoms with Crippen LogP contribution in [-0.2, 0) is 26.0 Å². The molecule has 0 amide bonds. The van der Waals surface area contributed by atoms with E-state index in [4.69, 9.17) is 11.6 Å². The SMILES string of the molecule is O=S(=O)(CCN1CCN(S(=O)(=O)c2cc(C(F)(F)F)ccc2Cl)CC1)c1ccccc1. The normalized spacial score (nSPS) is 17.0. The molecule has 1 aliphatic rings. The highest BCUT2D eigenvalue weighted by molar-refractivity contribution is 7.91. The Labute approximate surface area is 184 Å². The lowest BCUT2D eigenvalue weighted by Gasteiger charge is -2.34. The molecule has 31 heavy (non-hydrogen) atoms. The molecule has 2 aromatic carbocycles. The third-order valence-electron chi connectivity index (χ3n) is 4.99. The van der Waals surface area contributed by atoms with Crippen molar-refractivity contribution < 1.29 is 30.0 Å². The molecule has 3 rings (SSSR count). The summed E-state index contributed by atoms with van der Waals surface area (Å²) in [5, 5.41) is -0.288. The molecule has 1 aliphatic heterocycles. The van der Waals surface area contributed by atoms with Gasteiger partial charge in [0.15, 0.2) is 9.84 Å². The zero-order valence-electron chi connectivity index (χ0n) is 16.2. The fourth-order valence-corrected chi connectivity index (χ4v) is 6.43. The number of piperazine rings is 1. The molecule has 1 heterocycles. The van der Waals surface area contributed by atoms with Crippen LogP contribution in [0.1, 0.15) is 5.56 Å². The molecule has 0 aliphatic carbocycles. The number of sulfonamides is 1. The summed E-state index contributed by atoms with van der Waals surface area (Å²) in [6, 6.07) is 10.2. The predicted octanol–water partition coefficient (Wildman–Crippen LogP) is 3.14. The van der Waals surface area contributed by atoms with Crippen LogP contribution in [0.25, 0.3) is 0 Å². The van der Waals surface area contributed by atoms with E-state index in [-0.39, 0.29) is 48.4 Å². The molecule has 0 aromatic heterocycles. The Morgan fingerprint density at radius 3 is 2.10 bits per heavy atom. The van der Waals surface area contributed by atoms with Gasteiger partial charge < -0.3 is 0 Å². The fourth-order valence-electron chi connectivity index (χ4n) is 3.20. The minimum absolute atomic E-state index is 0.0142. The van der Waals surface area contributed by atoms with Crippen LogP contribution in [0.5, 0.6) is 0 Å². The molecule has 0 radical (unpaired) electrons. The van der Waals surface area contributed by atoms with Crippen LogP contribution in [-0.4, -0.2) is 64.5 Å². The van der Waals surface area contributed by atoms with Crippen molar-refractivity contribution in [2.75, 3.05) is 38.5 Å². The summed E-state index contributed by atoms with van der Waals surface area (Å²) in [7, 11) is -7.70. The van der Waals surface area contributed by atoms with Gasteiger partial charge in [0.1, 0.15) is 4.90 Å². The third-order valence-corrected chi connectivity index (χ3v) is 9.08. The number of nitrogens with zero attached hydrogens (tertiary/aromatic N) is 2. The summed E-state index contributed by atoms with van der Waals surface area (Å²) in [4.78, 5) is 1.43. The molecule has 0 saturated carbocycles. The first-order valence-corrected chi connectivity index (χ1v) is 12.8. The van der Waals surface area contributed by atoms with Gasteiger partial charge in [0.25, 0.3) is 0 Å². The highest BCUT2D eigenvalue weighted by Gasteiger charge is 2.35. The van der Waals surface area contributed by atoms with Crippen molar-refractivity contribution in [1.29, 1.82) is 0 Å². The zero-order chi connectivity index (χ0) is 22.9. The van der Waals surface area contributed by atoms with E-state index in [2.05, 4.69) is 0 Å². The van der Waals surface area contributed by atoms with Crippen LogP contribution in [0.15, 0.2) is 58.3 Å². The summed E-state index contributed by atoms with van der Waals surface area (Å²) in [6.45, 7) is 0.746. The van der Waals surface area contributed by atoms with Crippen LogP contribution >= 0.6 is 11.6 Å². The summed E-state index contributed by atoms with van der Waals surface area (Å²) in [5.74, 6) is -0.122. The summed E-state index contributed by atoms with van der Waals surface area (Å²) >= 11 is 5.89. The van der Waals surface area contributed by atoms with Crippen LogP contribution < -0.4 is 0 Å². The van der Waals surface area contributed by atoms with Crippen molar-refractivity contribution in [3.05, 3.63) is 59.1 Å². The van der Waals surface area contributed by atoms with Gasteiger partial charge >= 0.3 is 6.18 Å². The quantitative estimate of drug-likeness (QED) is 0.614. The van der Waals surface area contributed by atoms with Gasteiger partial charge in [-0.05, 0) is 30.3 Å². The van der Waals surface area contributed by atoms with Gasteiger partial charge in [-0.3, -0.25) is 4.90 Å². The average molecular weight is 497 g/mol. The molecule has 170 valence electrons. The molecule has 0 atom stereocenters. The van der Waals surface area contributed by atoms with Crippen molar-refractivity contribution in [2.24, 2.45) is 0 Å². The second-order valence-corrected chi connectivity index (χ2v) is 11.4. The number of alkyl halides is 3. The number of benzene rings is 2. The number of hydrogen-bond donors (Lipinski definition) is 0. The van der Waals surface area contributed by atoms with Gasteiger partial charge in [-0.25, -0.2) is 16.8 Å². The highest BCUT2D eigenvalue weighted by Crippen LogP contribution is 2.34. The molecular weight excluding hydrogens is 477 g/mol. The second kappa shape index (κ2) is 9.07. The highest BCUT2D eigenvalue weighted by atomic mass is 35.5. The largest absolute Gasteiger partial charge is 0.416 e. The van der Waals surface area contributed by atoms with E-state index in [0.29, 0.717) is 6.07 Å². The van der Waals surface area contributed by atoms with E-state index in [1.807, 2.05) is 0 Å². The molecule has 0 spiro atoms. The van der Waals surface area contributed by atoms with Crippen molar-refractivity contribution >= 4 is 31.5 Å². The van der Waals surface area contributed by atoms with Gasteiger partial charge in [0.2, 0.25) is 10.0 Å². The Bertz CT molecular complexity index is 1130. The number of hydrogen-bond acceptors (Lipinski definition) is 5. The van der Waals surface area contributed by atoms with Gasteiger partial charge in [-0.15, -0.1) is 0 Å². The maximum absolute atomic E-state index is 13.0. The van der Waals surface area contributed by atoms with E-state index in [1.54, 1.807) is 23.1 Å². The summed E-state index contributed by atoms with van der Waals surface area (Å²) < 4.78 is 90.5. The maximum atomic E-state index is 13.0. The average Bonchev–Trinajstić information content (AvgIpc) is 2.72. The van der Waals surface area contributed by atoms with Crippen molar-refractivity contribution in [1.82, 2.24) is 9.21 Å². The van der Waals surface area contributed by atoms with Gasteiger partial charge in [0.05, 0.1) is 21.2 Å². The smallest absolute Gasteiger partial charge is 0.300 e. The molecule has 1 fully saturated rings. The van der Waals surface area contributed by atoms with E-state index in [0.717, 1.165) is 16.4 Å². The third kappa shape index (κ3) is 5.58. The van der Waals surface area contributed by atoms with Crippen molar-refractivity contribution in [3.63, 3.8) is 0 Å². The standard InChI is InChI=1S/C19H20ClF3N2O4S2/c20-17-7-6-15(19(21,22)23)14-18(17)31(28,29)25-10-8-24(9-11-25)12-13-30(26,27)16-4-2-1-3-5-16/h1-7,14H,8-13H2. The van der Waals surface area contributed by atoms with Crippen molar-refractivity contribution in [2.45, 2.75) is 16.0 Å². The Hall–Kier alpha value is -1.66. The molecule has 2 aromatic rings. The molecule has 0 N–H and O–H groups in total. The lowest BCUT2D eigenvalue weighted by atomic mass is 10.2. The molecule has 0 unspecified atom stereocenters. The first-order valence-electron chi connectivity index (χ1n) is 9.28. The number of sulfone groups is 1. The Morgan fingerprint density at radius 1 is 0.903 bits per heavy atom. The lowest BCUT2D eigenvalue weighted by molar-refractivity contribution is -0.137. The van der Waals surface area contributed by atoms with Gasteiger partial charge in [-0.1, -0.05) is 29.8 Å². The van der Waals surface area contributed by atoms with Crippen LogP contribution in [0, 0.1) is 0 Å². The van der Waals surface area contributed by atoms with E-state index >= 15 is 0 Å². The van der Waals surface area contributed by atoms with E-state index < -0.39 is 36.5 Å². The maximum Gasteiger partial charge on any atom is 0.416 e. The second-order valence-electron chi connectivity index (χ2n) is 7.02. The van der Waals surface area contributed by atoms with Crippen LogP contribution in [0.3, 0.4) is 0 Å². The summed E-state index contributed by atoms with van der Waals surface area (Å²) in [6.07, 6.45) is -4.70. The van der Waals surface area contributed by atoms with Gasteiger partial charge in [0, 0.05) is 32.7 Å². The minimum atomic E-state index is -4.70. The molecular formula is C19H20ClF3N2O4S2. The zero-order valence-corrected chi connectivity index (χ0v) is 18.6. The van der Waals surface area contributed by atoms with Crippen molar-refractivity contribution in [3.8, 4) is 0 Å². The predicted molar refractivity (Wildman–Crippen MR) is 110 cm³/mol. The minimum Gasteiger partial charge on any atom is -0.300 e. The van der Waals surface area contributed by atoms with Gasteiger partial charge in [-0.2, -0.15) is 17.5 Å². The van der Waals surface area contributed by atoms with E-state index in [9.17, 15) is 30.0 Å². The van der Waals surface area contributed by atoms with E-state index in [1.165, 1.54) is 12.1 Å².